The Hall–Kier alpha value is -1.95. The summed E-state index contributed by atoms with van der Waals surface area (Å²) in [5.41, 5.74) is 2.22. The summed E-state index contributed by atoms with van der Waals surface area (Å²) in [6.07, 6.45) is 13.6. The van der Waals surface area contributed by atoms with E-state index in [0.717, 1.165) is 30.8 Å². The van der Waals surface area contributed by atoms with Gasteiger partial charge in [-0.05, 0) is 19.3 Å². The summed E-state index contributed by atoms with van der Waals surface area (Å²) in [5.74, 6) is 0.516. The molecule has 0 spiro atoms. The molecule has 0 radical (unpaired) electrons. The van der Waals surface area contributed by atoms with Gasteiger partial charge in [-0.2, -0.15) is 0 Å². The summed E-state index contributed by atoms with van der Waals surface area (Å²) in [6, 6.07) is 0. The van der Waals surface area contributed by atoms with Gasteiger partial charge in [-0.3, -0.25) is 0 Å². The van der Waals surface area contributed by atoms with Crippen molar-refractivity contribution in [2.75, 3.05) is 13.7 Å². The number of aromatic nitrogens is 5. The summed E-state index contributed by atoms with van der Waals surface area (Å²) in [5, 5.41) is 8.59. The van der Waals surface area contributed by atoms with Gasteiger partial charge in [-0.1, -0.05) is 17.4 Å². The van der Waals surface area contributed by atoms with Crippen LogP contribution in [0.2, 0.25) is 0 Å². The summed E-state index contributed by atoms with van der Waals surface area (Å²) in [4.78, 5) is 4.20. The Balaban J connectivity index is 1.67. The van der Waals surface area contributed by atoms with Crippen LogP contribution < -0.4 is 0 Å². The lowest BCUT2D eigenvalue weighted by Crippen LogP contribution is -2.10. The highest BCUT2D eigenvalue weighted by atomic mass is 16.5. The molecule has 21 heavy (non-hydrogen) atoms. The zero-order chi connectivity index (χ0) is 14.5. The summed E-state index contributed by atoms with van der Waals surface area (Å²) in [7, 11) is 1.71. The lowest BCUT2D eigenvalue weighted by molar-refractivity contribution is 0.186. The van der Waals surface area contributed by atoms with Gasteiger partial charge in [0.1, 0.15) is 0 Å². The Bertz CT molecular complexity index is 601. The molecule has 3 rings (SSSR count). The third-order valence-electron chi connectivity index (χ3n) is 3.90. The first-order valence-electron chi connectivity index (χ1n) is 7.40. The number of imidazole rings is 1. The third kappa shape index (κ3) is 3.39. The molecule has 2 aromatic rings. The van der Waals surface area contributed by atoms with Gasteiger partial charge in [0, 0.05) is 25.8 Å². The normalized spacial score (nSPS) is 18.2. The molecule has 0 aliphatic heterocycles. The van der Waals surface area contributed by atoms with Crippen LogP contribution in [0.1, 0.15) is 36.6 Å². The molecular weight excluding hydrogens is 266 g/mol. The maximum absolute atomic E-state index is 5.11. The van der Waals surface area contributed by atoms with Crippen molar-refractivity contribution < 1.29 is 4.74 Å². The van der Waals surface area contributed by atoms with Gasteiger partial charge < -0.3 is 9.30 Å². The Morgan fingerprint density at radius 2 is 2.33 bits per heavy atom. The first-order chi connectivity index (χ1) is 10.4. The predicted octanol–water partition coefficient (Wildman–Crippen LogP) is 1.99. The third-order valence-corrected chi connectivity index (χ3v) is 3.90. The van der Waals surface area contributed by atoms with E-state index in [4.69, 9.17) is 4.74 Å². The first-order valence-corrected chi connectivity index (χ1v) is 7.40. The molecule has 6 heteroatoms. The van der Waals surface area contributed by atoms with Gasteiger partial charge in [0.05, 0.1) is 37.1 Å². The molecule has 0 saturated carbocycles. The smallest absolute Gasteiger partial charge is 0.0949 e. The molecule has 0 amide bonds. The van der Waals surface area contributed by atoms with Crippen molar-refractivity contribution >= 4 is 0 Å². The fraction of sp³-hybridized carbons (Fsp3) is 0.533. The quantitative estimate of drug-likeness (QED) is 0.762. The van der Waals surface area contributed by atoms with Gasteiger partial charge in [-0.25, -0.2) is 9.67 Å². The van der Waals surface area contributed by atoms with Crippen LogP contribution in [0, 0.1) is 0 Å². The summed E-state index contributed by atoms with van der Waals surface area (Å²) in [6.45, 7) is 2.18. The van der Waals surface area contributed by atoms with Crippen molar-refractivity contribution in [2.45, 2.75) is 38.3 Å². The van der Waals surface area contributed by atoms with E-state index < -0.39 is 0 Å². The van der Waals surface area contributed by atoms with E-state index >= 15 is 0 Å². The average molecular weight is 287 g/mol. The number of hydrogen-bond donors (Lipinski definition) is 0. The van der Waals surface area contributed by atoms with Gasteiger partial charge in [0.2, 0.25) is 0 Å². The van der Waals surface area contributed by atoms with Gasteiger partial charge in [-0.15, -0.1) is 5.10 Å². The highest BCUT2D eigenvalue weighted by Gasteiger charge is 2.16. The van der Waals surface area contributed by atoms with Crippen LogP contribution in [0.5, 0.6) is 0 Å². The number of allylic oxidation sites excluding steroid dienone is 2. The minimum absolute atomic E-state index is 0.516. The molecule has 2 heterocycles. The van der Waals surface area contributed by atoms with Crippen LogP contribution in [0.15, 0.2) is 30.9 Å². The van der Waals surface area contributed by atoms with Crippen LogP contribution in [-0.4, -0.2) is 38.3 Å². The molecule has 2 aromatic heterocycles. The second-order valence-electron chi connectivity index (χ2n) is 5.39. The van der Waals surface area contributed by atoms with Crippen molar-refractivity contribution in [1.82, 2.24) is 24.5 Å². The van der Waals surface area contributed by atoms with E-state index in [0.29, 0.717) is 19.1 Å². The number of rotatable bonds is 6. The molecular formula is C15H21N5O. The molecule has 0 N–H and O–H groups in total. The molecule has 1 aliphatic carbocycles. The molecule has 0 aromatic carbocycles. The van der Waals surface area contributed by atoms with E-state index in [1.54, 1.807) is 7.11 Å². The molecule has 6 nitrogen and oxygen atoms in total. The van der Waals surface area contributed by atoms with Crippen LogP contribution in [0.25, 0.3) is 0 Å². The number of methoxy groups -OCH3 is 1. The molecule has 1 atom stereocenters. The SMILES string of the molecule is COCCn1cncc1Cn1cc(C2CC=CCC2)nn1. The fourth-order valence-corrected chi connectivity index (χ4v) is 2.68. The molecule has 112 valence electrons. The predicted molar refractivity (Wildman–Crippen MR) is 79.0 cm³/mol. The minimum Gasteiger partial charge on any atom is -0.383 e. The standard InChI is InChI=1S/C15H21N5O/c1-21-8-7-19-12-16-9-14(19)10-20-11-15(17-18-20)13-5-3-2-4-6-13/h2-3,9,11-13H,4-8,10H2,1H3. The second-order valence-corrected chi connectivity index (χ2v) is 5.39. The molecule has 0 saturated heterocycles. The van der Waals surface area contributed by atoms with Crippen LogP contribution in [0.3, 0.4) is 0 Å². The average Bonchev–Trinajstić information content (AvgIpc) is 3.16. The Morgan fingerprint density at radius 1 is 1.38 bits per heavy atom. The maximum Gasteiger partial charge on any atom is 0.0949 e. The van der Waals surface area contributed by atoms with Crippen molar-refractivity contribution in [3.05, 3.63) is 42.3 Å². The number of ether oxygens (including phenoxy) is 1. The van der Waals surface area contributed by atoms with Crippen LogP contribution in [0.4, 0.5) is 0 Å². The Morgan fingerprint density at radius 3 is 3.14 bits per heavy atom. The highest BCUT2D eigenvalue weighted by Crippen LogP contribution is 2.27. The summed E-state index contributed by atoms with van der Waals surface area (Å²) >= 11 is 0. The number of nitrogens with zero attached hydrogens (tertiary/aromatic N) is 5. The van der Waals surface area contributed by atoms with Gasteiger partial charge >= 0.3 is 0 Å². The topological polar surface area (TPSA) is 57.8 Å². The van der Waals surface area contributed by atoms with Crippen molar-refractivity contribution in [3.63, 3.8) is 0 Å². The van der Waals surface area contributed by atoms with Crippen LogP contribution >= 0.6 is 0 Å². The highest BCUT2D eigenvalue weighted by molar-refractivity contribution is 5.09. The molecule has 1 aliphatic rings. The van der Waals surface area contributed by atoms with E-state index in [2.05, 4.69) is 38.2 Å². The summed E-state index contributed by atoms with van der Waals surface area (Å²) < 4.78 is 9.10. The molecule has 0 fully saturated rings. The van der Waals surface area contributed by atoms with E-state index in [9.17, 15) is 0 Å². The second kappa shape index (κ2) is 6.67. The van der Waals surface area contributed by atoms with Crippen LogP contribution in [-0.2, 0) is 17.8 Å². The van der Waals surface area contributed by atoms with Crippen molar-refractivity contribution in [2.24, 2.45) is 0 Å². The molecule has 1 unspecified atom stereocenters. The Kier molecular flexibility index (Phi) is 4.45. The lowest BCUT2D eigenvalue weighted by atomic mass is 9.92. The Labute approximate surface area is 124 Å². The molecule has 0 bridgehead atoms. The van der Waals surface area contributed by atoms with Crippen molar-refractivity contribution in [3.8, 4) is 0 Å². The fourth-order valence-electron chi connectivity index (χ4n) is 2.68. The van der Waals surface area contributed by atoms with Crippen molar-refractivity contribution in [1.29, 1.82) is 0 Å². The minimum atomic E-state index is 0.516. The zero-order valence-corrected chi connectivity index (χ0v) is 12.4. The van der Waals surface area contributed by atoms with E-state index in [-0.39, 0.29) is 0 Å². The van der Waals surface area contributed by atoms with Gasteiger partial charge in [0.15, 0.2) is 0 Å². The van der Waals surface area contributed by atoms with E-state index in [1.807, 2.05) is 17.2 Å². The largest absolute Gasteiger partial charge is 0.383 e. The first kappa shape index (κ1) is 14.0. The zero-order valence-electron chi connectivity index (χ0n) is 12.4. The number of hydrogen-bond acceptors (Lipinski definition) is 4. The monoisotopic (exact) mass is 287 g/mol. The lowest BCUT2D eigenvalue weighted by Gasteiger charge is -2.14. The van der Waals surface area contributed by atoms with E-state index in [1.165, 1.54) is 6.42 Å². The van der Waals surface area contributed by atoms with Gasteiger partial charge in [0.25, 0.3) is 0 Å². The maximum atomic E-state index is 5.11.